The molecule has 0 fully saturated rings. The zero-order valence-electron chi connectivity index (χ0n) is 11.4. The van der Waals surface area contributed by atoms with Gasteiger partial charge in [0.2, 0.25) is 0 Å². The van der Waals surface area contributed by atoms with Gasteiger partial charge in [-0.2, -0.15) is 18.3 Å². The first-order valence-electron chi connectivity index (χ1n) is 6.49. The molecule has 0 bridgehead atoms. The Morgan fingerprint density at radius 2 is 1.86 bits per heavy atom. The summed E-state index contributed by atoms with van der Waals surface area (Å²) in [6.07, 6.45) is -9.96. The van der Waals surface area contributed by atoms with Crippen LogP contribution in [-0.2, 0) is 19.1 Å². The Hall–Kier alpha value is -1.32. The lowest BCUT2D eigenvalue weighted by molar-refractivity contribution is -0.150. The van der Waals surface area contributed by atoms with Crippen LogP contribution in [0.3, 0.4) is 0 Å². The maximum Gasteiger partial charge on any atom is 0.435 e. The van der Waals surface area contributed by atoms with E-state index in [0.717, 1.165) is 6.92 Å². The van der Waals surface area contributed by atoms with Crippen LogP contribution in [-0.4, -0.2) is 26.7 Å². The summed E-state index contributed by atoms with van der Waals surface area (Å²) in [7, 11) is 0. The molecule has 0 aromatic carbocycles. The topological polar surface area (TPSA) is 38.0 Å². The lowest BCUT2D eigenvalue weighted by Crippen LogP contribution is -2.34. The molecule has 2 rings (SSSR count). The maximum absolute atomic E-state index is 13.5. The van der Waals surface area contributed by atoms with Gasteiger partial charge in [-0.1, -0.05) is 6.92 Å². The van der Waals surface area contributed by atoms with Crippen molar-refractivity contribution in [2.24, 2.45) is 0 Å². The van der Waals surface area contributed by atoms with Crippen LogP contribution >= 0.6 is 0 Å². The molecular formula is C12H13F7N2O. The summed E-state index contributed by atoms with van der Waals surface area (Å²) in [5.41, 5.74) is -3.25. The van der Waals surface area contributed by atoms with Crippen LogP contribution in [0.4, 0.5) is 30.7 Å². The van der Waals surface area contributed by atoms with Crippen molar-refractivity contribution in [2.45, 2.75) is 56.9 Å². The number of aromatic nitrogens is 2. The van der Waals surface area contributed by atoms with E-state index >= 15 is 0 Å². The lowest BCUT2D eigenvalue weighted by Gasteiger charge is -2.29. The molecule has 0 amide bonds. The average Bonchev–Trinajstić information content (AvgIpc) is 2.73. The lowest BCUT2D eigenvalue weighted by atomic mass is 9.89. The monoisotopic (exact) mass is 334 g/mol. The number of hydrogen-bond donors (Lipinski definition) is 1. The summed E-state index contributed by atoms with van der Waals surface area (Å²) in [5, 5.41) is 12.5. The van der Waals surface area contributed by atoms with E-state index in [4.69, 9.17) is 0 Å². The molecule has 1 atom stereocenters. The molecule has 3 nitrogen and oxygen atoms in total. The first-order valence-corrected chi connectivity index (χ1v) is 6.49. The maximum atomic E-state index is 13.5. The molecule has 1 aromatic heterocycles. The van der Waals surface area contributed by atoms with Gasteiger partial charge in [0.1, 0.15) is 12.6 Å². The molecule has 0 saturated heterocycles. The molecule has 0 spiro atoms. The quantitative estimate of drug-likeness (QED) is 0.859. The van der Waals surface area contributed by atoms with Gasteiger partial charge in [0.05, 0.1) is 0 Å². The Bertz CT molecular complexity index is 565. The number of rotatable bonds is 3. The SMILES string of the molecule is CCC(F)(F)Cn1nc(C(F)(F)F)c2c1CCC(F)(F)[C@H]2O. The van der Waals surface area contributed by atoms with Crippen LogP contribution < -0.4 is 0 Å². The molecule has 0 unspecified atom stereocenters. The van der Waals surface area contributed by atoms with Gasteiger partial charge in [-0.15, -0.1) is 0 Å². The highest BCUT2D eigenvalue weighted by Gasteiger charge is 2.51. The highest BCUT2D eigenvalue weighted by molar-refractivity contribution is 5.35. The summed E-state index contributed by atoms with van der Waals surface area (Å²) < 4.78 is 92.9. The number of fused-ring (bicyclic) bond motifs is 1. The average molecular weight is 334 g/mol. The third kappa shape index (κ3) is 2.92. The van der Waals surface area contributed by atoms with Crippen molar-refractivity contribution in [1.82, 2.24) is 9.78 Å². The minimum absolute atomic E-state index is 0.389. The van der Waals surface area contributed by atoms with Crippen LogP contribution in [0, 0.1) is 0 Å². The van der Waals surface area contributed by atoms with E-state index in [2.05, 4.69) is 5.10 Å². The van der Waals surface area contributed by atoms with Gasteiger partial charge in [0.15, 0.2) is 5.69 Å². The van der Waals surface area contributed by atoms with Gasteiger partial charge in [0, 0.05) is 24.1 Å². The third-order valence-corrected chi connectivity index (χ3v) is 3.63. The minimum atomic E-state index is -5.12. The molecule has 1 N–H and O–H groups in total. The molecule has 0 aliphatic heterocycles. The second-order valence-electron chi connectivity index (χ2n) is 5.24. The van der Waals surface area contributed by atoms with E-state index in [9.17, 15) is 35.8 Å². The summed E-state index contributed by atoms with van der Waals surface area (Å²) >= 11 is 0. The van der Waals surface area contributed by atoms with Crippen molar-refractivity contribution in [3.05, 3.63) is 17.0 Å². The zero-order chi connectivity index (χ0) is 16.9. The second kappa shape index (κ2) is 5.10. The van der Waals surface area contributed by atoms with Crippen molar-refractivity contribution in [1.29, 1.82) is 0 Å². The third-order valence-electron chi connectivity index (χ3n) is 3.63. The summed E-state index contributed by atoms with van der Waals surface area (Å²) in [5.74, 6) is -7.08. The first-order chi connectivity index (χ1) is 9.89. The van der Waals surface area contributed by atoms with E-state index in [-0.39, 0.29) is 0 Å². The molecule has 10 heteroatoms. The van der Waals surface area contributed by atoms with Crippen molar-refractivity contribution in [3.8, 4) is 0 Å². The van der Waals surface area contributed by atoms with Gasteiger partial charge in [-0.05, 0) is 6.42 Å². The van der Waals surface area contributed by atoms with Crippen LogP contribution in [0.15, 0.2) is 0 Å². The van der Waals surface area contributed by atoms with Gasteiger partial charge >= 0.3 is 6.18 Å². The fraction of sp³-hybridized carbons (Fsp3) is 0.750. The standard InChI is InChI=1S/C12H13F7N2O/c1-2-10(13,14)5-21-6-3-4-11(15,16)9(22)7(6)8(20-21)12(17,18)19/h9,22H,2-5H2,1H3/t9-/m0/s1. The summed E-state index contributed by atoms with van der Waals surface area (Å²) in [6, 6.07) is 0. The van der Waals surface area contributed by atoms with E-state index in [0.29, 0.717) is 4.68 Å². The molecule has 1 aromatic rings. The first kappa shape index (κ1) is 17.0. The molecule has 1 aliphatic carbocycles. The number of halogens is 7. The molecular weight excluding hydrogens is 321 g/mol. The smallest absolute Gasteiger partial charge is 0.382 e. The highest BCUT2D eigenvalue weighted by atomic mass is 19.4. The molecule has 126 valence electrons. The van der Waals surface area contributed by atoms with E-state index in [1.165, 1.54) is 0 Å². The number of aliphatic hydroxyl groups excluding tert-OH is 1. The van der Waals surface area contributed by atoms with Crippen LogP contribution in [0.2, 0.25) is 0 Å². The normalized spacial score (nSPS) is 21.8. The largest absolute Gasteiger partial charge is 0.435 e. The van der Waals surface area contributed by atoms with Crippen LogP contribution in [0.5, 0.6) is 0 Å². The van der Waals surface area contributed by atoms with Crippen LogP contribution in [0.1, 0.15) is 42.8 Å². The van der Waals surface area contributed by atoms with Crippen molar-refractivity contribution in [3.63, 3.8) is 0 Å². The molecule has 1 heterocycles. The predicted molar refractivity (Wildman–Crippen MR) is 60.7 cm³/mol. The van der Waals surface area contributed by atoms with Crippen LogP contribution in [0.25, 0.3) is 0 Å². The van der Waals surface area contributed by atoms with Gasteiger partial charge in [0.25, 0.3) is 11.8 Å². The Morgan fingerprint density at radius 3 is 2.36 bits per heavy atom. The minimum Gasteiger partial charge on any atom is -0.382 e. The second-order valence-corrected chi connectivity index (χ2v) is 5.24. The Balaban J connectivity index is 2.57. The van der Waals surface area contributed by atoms with E-state index in [1.807, 2.05) is 0 Å². The predicted octanol–water partition coefficient (Wildman–Crippen LogP) is 3.56. The van der Waals surface area contributed by atoms with Gasteiger partial charge in [-0.3, -0.25) is 4.68 Å². The Kier molecular flexibility index (Phi) is 3.95. The molecule has 0 radical (unpaired) electrons. The molecule has 1 aliphatic rings. The van der Waals surface area contributed by atoms with Gasteiger partial charge < -0.3 is 5.11 Å². The van der Waals surface area contributed by atoms with E-state index in [1.54, 1.807) is 0 Å². The highest BCUT2D eigenvalue weighted by Crippen LogP contribution is 2.46. The Morgan fingerprint density at radius 1 is 1.27 bits per heavy atom. The van der Waals surface area contributed by atoms with Gasteiger partial charge in [-0.25, -0.2) is 17.6 Å². The van der Waals surface area contributed by atoms with E-state index < -0.39 is 66.9 Å². The Labute approximate surface area is 120 Å². The fourth-order valence-corrected chi connectivity index (χ4v) is 2.37. The number of nitrogens with zero attached hydrogens (tertiary/aromatic N) is 2. The fourth-order valence-electron chi connectivity index (χ4n) is 2.37. The summed E-state index contributed by atoms with van der Waals surface area (Å²) in [6.45, 7) is -0.0101. The number of alkyl halides is 7. The number of hydrogen-bond acceptors (Lipinski definition) is 2. The molecule has 22 heavy (non-hydrogen) atoms. The molecule has 0 saturated carbocycles. The van der Waals surface area contributed by atoms with Crippen molar-refractivity contribution in [2.75, 3.05) is 0 Å². The van der Waals surface area contributed by atoms with Crippen molar-refractivity contribution >= 4 is 0 Å². The zero-order valence-corrected chi connectivity index (χ0v) is 11.4. The van der Waals surface area contributed by atoms with Crippen molar-refractivity contribution < 1.29 is 35.8 Å². The number of aliphatic hydroxyl groups is 1. The summed E-state index contributed by atoms with van der Waals surface area (Å²) in [4.78, 5) is 0.